The van der Waals surface area contributed by atoms with E-state index >= 15 is 0 Å². The van der Waals surface area contributed by atoms with Crippen LogP contribution in [0.1, 0.15) is 44.3 Å². The Bertz CT molecular complexity index is 463. The standard InChI is InChI=1S/C17H23NO2/c1-11(10-15(19)12-6-3-2-4-7-12)18-17(20)16-13-8-5-9-14(13)16/h2-4,6-7,11,13-16,19H,5,8-10H2,1H3,(H,18,20). The van der Waals surface area contributed by atoms with E-state index in [1.807, 2.05) is 37.3 Å². The van der Waals surface area contributed by atoms with Crippen LogP contribution in [0.4, 0.5) is 0 Å². The lowest BCUT2D eigenvalue weighted by Gasteiger charge is -2.18. The Kier molecular flexibility index (Phi) is 3.79. The maximum absolute atomic E-state index is 12.2. The molecule has 1 aromatic carbocycles. The Morgan fingerprint density at radius 3 is 2.60 bits per heavy atom. The first-order valence-electron chi connectivity index (χ1n) is 7.70. The van der Waals surface area contributed by atoms with E-state index in [0.29, 0.717) is 18.3 Å². The van der Waals surface area contributed by atoms with E-state index in [4.69, 9.17) is 0 Å². The molecule has 2 aliphatic rings. The molecule has 4 atom stereocenters. The second-order valence-electron chi connectivity index (χ2n) is 6.36. The fourth-order valence-electron chi connectivity index (χ4n) is 3.75. The van der Waals surface area contributed by atoms with Crippen LogP contribution < -0.4 is 5.32 Å². The summed E-state index contributed by atoms with van der Waals surface area (Å²) in [6, 6.07) is 9.64. The first-order valence-corrected chi connectivity index (χ1v) is 7.70. The van der Waals surface area contributed by atoms with Crippen molar-refractivity contribution >= 4 is 5.91 Å². The monoisotopic (exact) mass is 273 g/mol. The summed E-state index contributed by atoms with van der Waals surface area (Å²) in [5.74, 6) is 1.77. The van der Waals surface area contributed by atoms with Gasteiger partial charge in [-0.15, -0.1) is 0 Å². The van der Waals surface area contributed by atoms with Crippen molar-refractivity contribution in [1.82, 2.24) is 5.32 Å². The number of hydrogen-bond acceptors (Lipinski definition) is 2. The van der Waals surface area contributed by atoms with E-state index in [1.165, 1.54) is 19.3 Å². The number of amides is 1. The zero-order valence-corrected chi connectivity index (χ0v) is 12.0. The average Bonchev–Trinajstić information content (AvgIpc) is 2.93. The van der Waals surface area contributed by atoms with Crippen LogP contribution in [0, 0.1) is 17.8 Å². The van der Waals surface area contributed by atoms with Crippen molar-refractivity contribution < 1.29 is 9.90 Å². The molecule has 2 saturated carbocycles. The molecule has 0 aliphatic heterocycles. The minimum absolute atomic E-state index is 0.0130. The van der Waals surface area contributed by atoms with Crippen molar-refractivity contribution in [3.05, 3.63) is 35.9 Å². The Balaban J connectivity index is 1.47. The van der Waals surface area contributed by atoms with E-state index in [9.17, 15) is 9.90 Å². The summed E-state index contributed by atoms with van der Waals surface area (Å²) in [6.07, 6.45) is 3.80. The van der Waals surface area contributed by atoms with Gasteiger partial charge in [-0.2, -0.15) is 0 Å². The minimum atomic E-state index is -0.509. The smallest absolute Gasteiger partial charge is 0.223 e. The fourth-order valence-corrected chi connectivity index (χ4v) is 3.75. The normalized spacial score (nSPS) is 30.4. The predicted octanol–water partition coefficient (Wildman–Crippen LogP) is 2.66. The summed E-state index contributed by atoms with van der Waals surface area (Å²) < 4.78 is 0. The average molecular weight is 273 g/mol. The highest BCUT2D eigenvalue weighted by Gasteiger charge is 2.56. The highest BCUT2D eigenvalue weighted by molar-refractivity contribution is 5.82. The van der Waals surface area contributed by atoms with Crippen LogP contribution >= 0.6 is 0 Å². The molecule has 0 heterocycles. The van der Waals surface area contributed by atoms with Gasteiger partial charge in [0.2, 0.25) is 5.91 Å². The van der Waals surface area contributed by atoms with E-state index in [2.05, 4.69) is 5.32 Å². The quantitative estimate of drug-likeness (QED) is 0.866. The Morgan fingerprint density at radius 1 is 1.30 bits per heavy atom. The fraction of sp³-hybridized carbons (Fsp3) is 0.588. The molecule has 20 heavy (non-hydrogen) atoms. The largest absolute Gasteiger partial charge is 0.388 e. The van der Waals surface area contributed by atoms with Crippen LogP contribution in [-0.2, 0) is 4.79 Å². The topological polar surface area (TPSA) is 49.3 Å². The lowest BCUT2D eigenvalue weighted by atomic mass is 10.0. The molecule has 0 aromatic heterocycles. The lowest BCUT2D eigenvalue weighted by Crippen LogP contribution is -2.35. The van der Waals surface area contributed by atoms with Crippen LogP contribution in [0.3, 0.4) is 0 Å². The second kappa shape index (κ2) is 5.57. The number of carbonyl (C=O) groups excluding carboxylic acids is 1. The molecule has 3 nitrogen and oxygen atoms in total. The van der Waals surface area contributed by atoms with Gasteiger partial charge < -0.3 is 10.4 Å². The third-order valence-electron chi connectivity index (χ3n) is 4.86. The maximum Gasteiger partial charge on any atom is 0.223 e. The van der Waals surface area contributed by atoms with E-state index in [-0.39, 0.29) is 17.9 Å². The van der Waals surface area contributed by atoms with Gasteiger partial charge in [-0.1, -0.05) is 36.8 Å². The van der Waals surface area contributed by atoms with Crippen LogP contribution in [0.25, 0.3) is 0 Å². The zero-order valence-electron chi connectivity index (χ0n) is 12.0. The summed E-state index contributed by atoms with van der Waals surface area (Å²) in [6.45, 7) is 1.97. The molecule has 0 spiro atoms. The maximum atomic E-state index is 12.2. The molecule has 2 fully saturated rings. The molecular weight excluding hydrogens is 250 g/mol. The van der Waals surface area contributed by atoms with E-state index in [1.54, 1.807) is 0 Å². The number of aliphatic hydroxyl groups excluding tert-OH is 1. The SMILES string of the molecule is CC(CC(O)c1ccccc1)NC(=O)C1C2CCCC21. The number of aliphatic hydroxyl groups is 1. The zero-order chi connectivity index (χ0) is 14.1. The van der Waals surface area contributed by atoms with Gasteiger partial charge in [-0.25, -0.2) is 0 Å². The molecule has 0 bridgehead atoms. The number of benzene rings is 1. The van der Waals surface area contributed by atoms with Gasteiger partial charge in [0, 0.05) is 12.0 Å². The number of nitrogens with one attached hydrogen (secondary N) is 1. The van der Waals surface area contributed by atoms with Crippen molar-refractivity contribution in [1.29, 1.82) is 0 Å². The third-order valence-corrected chi connectivity index (χ3v) is 4.86. The molecule has 3 heteroatoms. The highest BCUT2D eigenvalue weighted by atomic mass is 16.3. The molecule has 1 amide bonds. The van der Waals surface area contributed by atoms with Crippen molar-refractivity contribution in [2.45, 2.75) is 44.8 Å². The number of carbonyl (C=O) groups is 1. The number of hydrogen-bond donors (Lipinski definition) is 2. The third kappa shape index (κ3) is 2.73. The van der Waals surface area contributed by atoms with Crippen molar-refractivity contribution in [2.75, 3.05) is 0 Å². The minimum Gasteiger partial charge on any atom is -0.388 e. The van der Waals surface area contributed by atoms with Gasteiger partial charge in [0.25, 0.3) is 0 Å². The van der Waals surface area contributed by atoms with Gasteiger partial charge in [0.05, 0.1) is 6.10 Å². The van der Waals surface area contributed by atoms with Gasteiger partial charge in [-0.05, 0) is 43.6 Å². The molecule has 0 saturated heterocycles. The van der Waals surface area contributed by atoms with Crippen LogP contribution in [0.15, 0.2) is 30.3 Å². The van der Waals surface area contributed by atoms with Crippen LogP contribution in [-0.4, -0.2) is 17.1 Å². The molecule has 2 aliphatic carbocycles. The molecule has 2 N–H and O–H groups in total. The van der Waals surface area contributed by atoms with Crippen molar-refractivity contribution in [3.63, 3.8) is 0 Å². The summed E-state index contributed by atoms with van der Waals surface area (Å²) in [5.41, 5.74) is 0.914. The Labute approximate surface area is 120 Å². The predicted molar refractivity (Wildman–Crippen MR) is 77.9 cm³/mol. The molecule has 1 aromatic rings. The number of fused-ring (bicyclic) bond motifs is 1. The summed E-state index contributed by atoms with van der Waals surface area (Å²) in [5, 5.41) is 13.2. The van der Waals surface area contributed by atoms with Crippen molar-refractivity contribution in [3.8, 4) is 0 Å². The van der Waals surface area contributed by atoms with E-state index < -0.39 is 6.10 Å². The molecule has 0 radical (unpaired) electrons. The summed E-state index contributed by atoms with van der Waals surface area (Å²) in [4.78, 5) is 12.2. The Hall–Kier alpha value is -1.35. The Morgan fingerprint density at radius 2 is 1.95 bits per heavy atom. The summed E-state index contributed by atoms with van der Waals surface area (Å²) in [7, 11) is 0. The summed E-state index contributed by atoms with van der Waals surface area (Å²) >= 11 is 0. The molecule has 3 rings (SSSR count). The van der Waals surface area contributed by atoms with Gasteiger partial charge >= 0.3 is 0 Å². The van der Waals surface area contributed by atoms with Crippen LogP contribution in [0.5, 0.6) is 0 Å². The lowest BCUT2D eigenvalue weighted by molar-refractivity contribution is -0.123. The van der Waals surface area contributed by atoms with Gasteiger partial charge in [0.15, 0.2) is 0 Å². The molecular formula is C17H23NO2. The number of rotatable bonds is 5. The first-order chi connectivity index (χ1) is 9.66. The molecule has 108 valence electrons. The van der Waals surface area contributed by atoms with Gasteiger partial charge in [-0.3, -0.25) is 4.79 Å². The van der Waals surface area contributed by atoms with Crippen LogP contribution in [0.2, 0.25) is 0 Å². The van der Waals surface area contributed by atoms with E-state index in [0.717, 1.165) is 5.56 Å². The molecule has 4 unspecified atom stereocenters. The first kappa shape index (κ1) is 13.6. The highest BCUT2D eigenvalue weighted by Crippen LogP contribution is 2.57. The second-order valence-corrected chi connectivity index (χ2v) is 6.36. The van der Waals surface area contributed by atoms with Gasteiger partial charge in [0.1, 0.15) is 0 Å². The van der Waals surface area contributed by atoms with Crippen molar-refractivity contribution in [2.24, 2.45) is 17.8 Å².